The van der Waals surface area contributed by atoms with Crippen molar-refractivity contribution in [2.75, 3.05) is 18.0 Å². The Bertz CT molecular complexity index is 373. The van der Waals surface area contributed by atoms with Gasteiger partial charge in [-0.05, 0) is 37.8 Å². The van der Waals surface area contributed by atoms with Gasteiger partial charge in [0.05, 0.1) is 0 Å². The van der Waals surface area contributed by atoms with Gasteiger partial charge in [0.15, 0.2) is 11.5 Å². The number of carboxylic acids is 1. The van der Waals surface area contributed by atoms with E-state index in [1.807, 2.05) is 0 Å². The number of carboxylic acid groups (broad SMARTS) is 1. The number of carbonyl (C=O) groups is 1. The third-order valence-corrected chi connectivity index (χ3v) is 2.75. The van der Waals surface area contributed by atoms with Crippen molar-refractivity contribution in [1.82, 2.24) is 10.2 Å². The van der Waals surface area contributed by atoms with Crippen LogP contribution in [0.1, 0.15) is 30.3 Å². The lowest BCUT2D eigenvalue weighted by Gasteiger charge is -2.20. The molecule has 0 amide bonds. The molecule has 2 rings (SSSR count). The van der Waals surface area contributed by atoms with Crippen LogP contribution in [0.2, 0.25) is 0 Å². The second-order valence-electron chi connectivity index (χ2n) is 4.06. The molecule has 1 fully saturated rings. The molecule has 0 aromatic carbocycles. The molecule has 1 aliphatic rings. The van der Waals surface area contributed by atoms with Crippen LogP contribution in [0.5, 0.6) is 0 Å². The smallest absolute Gasteiger partial charge is 0.356 e. The van der Waals surface area contributed by atoms with Crippen LogP contribution in [-0.4, -0.2) is 34.4 Å². The number of aromatic carboxylic acids is 1. The summed E-state index contributed by atoms with van der Waals surface area (Å²) in [5.74, 6) is 0.504. The molecule has 0 bridgehead atoms. The van der Waals surface area contributed by atoms with Gasteiger partial charge in [0.25, 0.3) is 0 Å². The molecule has 0 spiro atoms. The molecule has 1 aromatic rings. The fourth-order valence-electron chi connectivity index (χ4n) is 1.60. The molecule has 1 aromatic heterocycles. The van der Waals surface area contributed by atoms with Gasteiger partial charge < -0.3 is 10.0 Å². The molecular formula is C11H15N3O2. The van der Waals surface area contributed by atoms with Crippen molar-refractivity contribution in [3.05, 3.63) is 17.8 Å². The first-order chi connectivity index (χ1) is 7.70. The van der Waals surface area contributed by atoms with Crippen LogP contribution < -0.4 is 4.90 Å². The third kappa shape index (κ3) is 2.48. The van der Waals surface area contributed by atoms with Crippen LogP contribution in [0.4, 0.5) is 5.82 Å². The standard InChI is InChI=1S/C11H15N3O2/c1-2-14(7-8-3-4-8)10-6-5-9(11(15)16)12-13-10/h5-6,8H,2-4,7H2,1H3,(H,15,16). The first-order valence-electron chi connectivity index (χ1n) is 5.52. The van der Waals surface area contributed by atoms with Gasteiger partial charge in [-0.3, -0.25) is 0 Å². The highest BCUT2D eigenvalue weighted by Gasteiger charge is 2.24. The second kappa shape index (κ2) is 4.47. The quantitative estimate of drug-likeness (QED) is 0.814. The van der Waals surface area contributed by atoms with Gasteiger partial charge in [-0.1, -0.05) is 0 Å². The van der Waals surface area contributed by atoms with Crippen molar-refractivity contribution >= 4 is 11.8 Å². The summed E-state index contributed by atoms with van der Waals surface area (Å²) >= 11 is 0. The van der Waals surface area contributed by atoms with Crippen LogP contribution in [0.25, 0.3) is 0 Å². The average molecular weight is 221 g/mol. The molecule has 1 N–H and O–H groups in total. The molecule has 0 radical (unpaired) electrons. The summed E-state index contributed by atoms with van der Waals surface area (Å²) in [4.78, 5) is 12.8. The fraction of sp³-hybridized carbons (Fsp3) is 0.545. The minimum absolute atomic E-state index is 0.00812. The third-order valence-electron chi connectivity index (χ3n) is 2.75. The topological polar surface area (TPSA) is 66.3 Å². The molecule has 1 saturated carbocycles. The normalized spacial score (nSPS) is 14.8. The van der Waals surface area contributed by atoms with E-state index < -0.39 is 5.97 Å². The number of aromatic nitrogens is 2. The largest absolute Gasteiger partial charge is 0.476 e. The van der Waals surface area contributed by atoms with Gasteiger partial charge in [-0.15, -0.1) is 10.2 Å². The van der Waals surface area contributed by atoms with Crippen molar-refractivity contribution in [2.24, 2.45) is 5.92 Å². The molecule has 0 saturated heterocycles. The van der Waals surface area contributed by atoms with Crippen LogP contribution in [-0.2, 0) is 0 Å². The summed E-state index contributed by atoms with van der Waals surface area (Å²) in [6.45, 7) is 3.93. The molecule has 86 valence electrons. The molecule has 0 unspecified atom stereocenters. The highest BCUT2D eigenvalue weighted by molar-refractivity contribution is 5.85. The lowest BCUT2D eigenvalue weighted by molar-refractivity contribution is 0.0689. The molecule has 1 aliphatic carbocycles. The summed E-state index contributed by atoms with van der Waals surface area (Å²) in [5.41, 5.74) is -0.00812. The zero-order valence-electron chi connectivity index (χ0n) is 9.26. The monoisotopic (exact) mass is 221 g/mol. The van der Waals surface area contributed by atoms with E-state index >= 15 is 0 Å². The minimum atomic E-state index is -1.04. The van der Waals surface area contributed by atoms with Crippen molar-refractivity contribution in [1.29, 1.82) is 0 Å². The van der Waals surface area contributed by atoms with E-state index in [0.29, 0.717) is 0 Å². The molecule has 0 atom stereocenters. The van der Waals surface area contributed by atoms with E-state index in [1.54, 1.807) is 6.07 Å². The fourth-order valence-corrected chi connectivity index (χ4v) is 1.60. The molecule has 16 heavy (non-hydrogen) atoms. The second-order valence-corrected chi connectivity index (χ2v) is 4.06. The van der Waals surface area contributed by atoms with Crippen molar-refractivity contribution in [3.63, 3.8) is 0 Å². The molecule has 0 aliphatic heterocycles. The first-order valence-corrected chi connectivity index (χ1v) is 5.52. The van der Waals surface area contributed by atoms with Crippen LogP contribution in [0.15, 0.2) is 12.1 Å². The van der Waals surface area contributed by atoms with Gasteiger partial charge in [0.1, 0.15) is 0 Å². The summed E-state index contributed by atoms with van der Waals surface area (Å²) in [6, 6.07) is 3.22. The Balaban J connectivity index is 2.08. The SMILES string of the molecule is CCN(CC1CC1)c1ccc(C(=O)O)nn1. The highest BCUT2D eigenvalue weighted by atomic mass is 16.4. The predicted molar refractivity (Wildman–Crippen MR) is 59.6 cm³/mol. The number of nitrogens with zero attached hydrogens (tertiary/aromatic N) is 3. The number of anilines is 1. The Kier molecular flexibility index (Phi) is 3.03. The maximum absolute atomic E-state index is 10.6. The van der Waals surface area contributed by atoms with E-state index in [-0.39, 0.29) is 5.69 Å². The van der Waals surface area contributed by atoms with Crippen molar-refractivity contribution < 1.29 is 9.90 Å². The lowest BCUT2D eigenvalue weighted by atomic mass is 10.3. The zero-order chi connectivity index (χ0) is 11.5. The predicted octanol–water partition coefficient (Wildman–Crippen LogP) is 1.41. The average Bonchev–Trinajstić information content (AvgIpc) is 3.10. The van der Waals surface area contributed by atoms with Gasteiger partial charge >= 0.3 is 5.97 Å². The molecule has 5 nitrogen and oxygen atoms in total. The highest BCUT2D eigenvalue weighted by Crippen LogP contribution is 2.30. The first kappa shape index (κ1) is 10.9. The summed E-state index contributed by atoms with van der Waals surface area (Å²) in [6.07, 6.45) is 2.58. The Morgan fingerprint density at radius 2 is 2.25 bits per heavy atom. The van der Waals surface area contributed by atoms with E-state index in [0.717, 1.165) is 24.8 Å². The Morgan fingerprint density at radius 1 is 1.50 bits per heavy atom. The van der Waals surface area contributed by atoms with E-state index in [2.05, 4.69) is 22.0 Å². The Labute approximate surface area is 94.1 Å². The van der Waals surface area contributed by atoms with E-state index in [1.165, 1.54) is 18.9 Å². The van der Waals surface area contributed by atoms with Gasteiger partial charge in [0, 0.05) is 13.1 Å². The summed E-state index contributed by atoms with van der Waals surface area (Å²) in [7, 11) is 0. The summed E-state index contributed by atoms with van der Waals surface area (Å²) < 4.78 is 0. The summed E-state index contributed by atoms with van der Waals surface area (Å²) in [5, 5.41) is 16.3. The van der Waals surface area contributed by atoms with Crippen LogP contribution in [0, 0.1) is 5.92 Å². The number of hydrogen-bond acceptors (Lipinski definition) is 4. The van der Waals surface area contributed by atoms with Gasteiger partial charge in [-0.2, -0.15) is 0 Å². The van der Waals surface area contributed by atoms with Gasteiger partial charge in [-0.25, -0.2) is 4.79 Å². The van der Waals surface area contributed by atoms with Crippen LogP contribution >= 0.6 is 0 Å². The van der Waals surface area contributed by atoms with Crippen molar-refractivity contribution in [3.8, 4) is 0 Å². The minimum Gasteiger partial charge on any atom is -0.476 e. The maximum Gasteiger partial charge on any atom is 0.356 e. The lowest BCUT2D eigenvalue weighted by Crippen LogP contribution is -2.26. The Morgan fingerprint density at radius 3 is 2.69 bits per heavy atom. The molecular weight excluding hydrogens is 206 g/mol. The van der Waals surface area contributed by atoms with Crippen LogP contribution in [0.3, 0.4) is 0 Å². The van der Waals surface area contributed by atoms with Gasteiger partial charge in [0.2, 0.25) is 0 Å². The maximum atomic E-state index is 10.6. The number of rotatable bonds is 5. The zero-order valence-corrected chi connectivity index (χ0v) is 9.26. The Hall–Kier alpha value is -1.65. The molecule has 5 heteroatoms. The van der Waals surface area contributed by atoms with Crippen molar-refractivity contribution in [2.45, 2.75) is 19.8 Å². The molecule has 1 heterocycles. The number of hydrogen-bond donors (Lipinski definition) is 1. The van der Waals surface area contributed by atoms with E-state index in [4.69, 9.17) is 5.11 Å². The van der Waals surface area contributed by atoms with E-state index in [9.17, 15) is 4.79 Å².